The summed E-state index contributed by atoms with van der Waals surface area (Å²) in [6.45, 7) is 0. The van der Waals surface area contributed by atoms with Crippen molar-refractivity contribution in [3.63, 3.8) is 0 Å². The fourth-order valence-electron chi connectivity index (χ4n) is 3.73. The van der Waals surface area contributed by atoms with E-state index in [2.05, 4.69) is 97.2 Å². The van der Waals surface area contributed by atoms with E-state index in [0.717, 1.165) is 0 Å². The van der Waals surface area contributed by atoms with Gasteiger partial charge in [0.05, 0.1) is 12.2 Å². The van der Waals surface area contributed by atoms with Gasteiger partial charge >= 0.3 is 0 Å². The van der Waals surface area contributed by atoms with E-state index < -0.39 is 0 Å². The molecule has 0 unspecified atom stereocenters. The van der Waals surface area contributed by atoms with Crippen LogP contribution < -0.4 is 0 Å². The third kappa shape index (κ3) is 3.02. The quantitative estimate of drug-likeness (QED) is 0.690. The number of hydrogen-bond acceptors (Lipinski definition) is 1. The minimum atomic E-state index is 0.148. The summed E-state index contributed by atoms with van der Waals surface area (Å²) in [5.74, 6) is 1.38. The highest BCUT2D eigenvalue weighted by molar-refractivity contribution is 5.28. The Morgan fingerprint density at radius 1 is 0.391 bits per heavy atom. The van der Waals surface area contributed by atoms with Crippen LogP contribution in [-0.4, -0.2) is 12.2 Å². The van der Waals surface area contributed by atoms with Crippen LogP contribution in [0.2, 0.25) is 0 Å². The van der Waals surface area contributed by atoms with E-state index in [1.54, 1.807) is 0 Å². The first kappa shape index (κ1) is 14.5. The second-order valence-electron chi connectivity index (χ2n) is 6.45. The molecule has 4 aliphatic carbocycles. The van der Waals surface area contributed by atoms with Crippen molar-refractivity contribution in [3.05, 3.63) is 97.2 Å². The summed E-state index contributed by atoms with van der Waals surface area (Å²) >= 11 is 0. The summed E-state index contributed by atoms with van der Waals surface area (Å²) < 4.78 is 6.78. The molecule has 0 radical (unpaired) electrons. The van der Waals surface area contributed by atoms with Crippen LogP contribution in [0, 0.1) is 23.7 Å². The van der Waals surface area contributed by atoms with Crippen molar-refractivity contribution in [1.82, 2.24) is 0 Å². The van der Waals surface area contributed by atoms with Crippen molar-refractivity contribution in [2.24, 2.45) is 23.7 Å². The van der Waals surface area contributed by atoms with Gasteiger partial charge < -0.3 is 4.74 Å². The van der Waals surface area contributed by atoms with Gasteiger partial charge in [0.2, 0.25) is 0 Å². The van der Waals surface area contributed by atoms with E-state index >= 15 is 0 Å². The van der Waals surface area contributed by atoms with Crippen molar-refractivity contribution in [2.45, 2.75) is 12.2 Å². The van der Waals surface area contributed by atoms with Crippen LogP contribution >= 0.6 is 0 Å². The molecule has 0 saturated heterocycles. The van der Waals surface area contributed by atoms with Gasteiger partial charge in [-0.05, 0) is 0 Å². The van der Waals surface area contributed by atoms with E-state index in [-0.39, 0.29) is 12.2 Å². The lowest BCUT2D eigenvalue weighted by Crippen LogP contribution is -2.37. The second kappa shape index (κ2) is 6.55. The summed E-state index contributed by atoms with van der Waals surface area (Å²) in [6.07, 6.45) is 35.3. The van der Waals surface area contributed by atoms with Gasteiger partial charge in [0.15, 0.2) is 0 Å². The fourth-order valence-corrected chi connectivity index (χ4v) is 3.73. The first-order valence-electron chi connectivity index (χ1n) is 8.47. The normalized spacial score (nSPS) is 23.4. The van der Waals surface area contributed by atoms with E-state index in [1.165, 1.54) is 0 Å². The van der Waals surface area contributed by atoms with Gasteiger partial charge in [-0.3, -0.25) is 0 Å². The standard InChI is InChI=1S/C22H22O/c1-2-10-17(9-1)21(18-11-3-4-12-18)23-22(19-13-5-6-14-19)20-15-7-8-16-20/h1-22H. The third-order valence-electron chi connectivity index (χ3n) is 4.94. The average molecular weight is 302 g/mol. The Morgan fingerprint density at radius 3 is 0.826 bits per heavy atom. The molecule has 0 N–H and O–H groups in total. The lowest BCUT2D eigenvalue weighted by Gasteiger charge is -2.34. The molecule has 1 nitrogen and oxygen atoms in total. The number of allylic oxidation sites excluding steroid dienone is 8. The van der Waals surface area contributed by atoms with E-state index in [9.17, 15) is 0 Å². The van der Waals surface area contributed by atoms with E-state index in [4.69, 9.17) is 4.74 Å². The van der Waals surface area contributed by atoms with Gasteiger partial charge in [-0.25, -0.2) is 0 Å². The van der Waals surface area contributed by atoms with Crippen LogP contribution in [-0.2, 0) is 4.74 Å². The van der Waals surface area contributed by atoms with Gasteiger partial charge in [-0.15, -0.1) is 0 Å². The predicted molar refractivity (Wildman–Crippen MR) is 95.7 cm³/mol. The summed E-state index contributed by atoms with van der Waals surface area (Å²) in [5, 5.41) is 0. The smallest absolute Gasteiger partial charge is 0.0774 e. The summed E-state index contributed by atoms with van der Waals surface area (Å²) in [6, 6.07) is 0. The molecule has 23 heavy (non-hydrogen) atoms. The van der Waals surface area contributed by atoms with Gasteiger partial charge in [0.1, 0.15) is 0 Å². The Bertz CT molecular complexity index is 506. The van der Waals surface area contributed by atoms with E-state index in [0.29, 0.717) is 23.7 Å². The molecule has 0 aliphatic heterocycles. The van der Waals surface area contributed by atoms with Crippen LogP contribution in [0.3, 0.4) is 0 Å². The molecule has 116 valence electrons. The van der Waals surface area contributed by atoms with Crippen molar-refractivity contribution < 1.29 is 4.74 Å². The largest absolute Gasteiger partial charge is 0.371 e. The maximum absolute atomic E-state index is 6.78. The summed E-state index contributed by atoms with van der Waals surface area (Å²) in [7, 11) is 0. The van der Waals surface area contributed by atoms with Crippen molar-refractivity contribution >= 4 is 0 Å². The van der Waals surface area contributed by atoms with Crippen molar-refractivity contribution in [3.8, 4) is 0 Å². The van der Waals surface area contributed by atoms with Gasteiger partial charge in [-0.1, -0.05) is 97.2 Å². The molecule has 0 atom stereocenters. The first-order valence-corrected chi connectivity index (χ1v) is 8.47. The lowest BCUT2D eigenvalue weighted by molar-refractivity contribution is -0.0589. The zero-order chi connectivity index (χ0) is 15.5. The van der Waals surface area contributed by atoms with Crippen LogP contribution in [0.25, 0.3) is 0 Å². The highest BCUT2D eigenvalue weighted by atomic mass is 16.5. The van der Waals surface area contributed by atoms with Crippen LogP contribution in [0.5, 0.6) is 0 Å². The molecule has 0 aromatic heterocycles. The molecule has 0 saturated carbocycles. The van der Waals surface area contributed by atoms with Crippen LogP contribution in [0.4, 0.5) is 0 Å². The molecule has 0 aromatic carbocycles. The van der Waals surface area contributed by atoms with Crippen LogP contribution in [0.1, 0.15) is 0 Å². The highest BCUT2D eigenvalue weighted by Crippen LogP contribution is 2.34. The lowest BCUT2D eigenvalue weighted by atomic mass is 9.88. The minimum Gasteiger partial charge on any atom is -0.371 e. The highest BCUT2D eigenvalue weighted by Gasteiger charge is 2.34. The molecule has 0 heterocycles. The molecule has 0 bridgehead atoms. The first-order chi connectivity index (χ1) is 11.4. The number of rotatable bonds is 6. The Balaban J connectivity index is 1.59. The molecule has 4 aliphatic rings. The maximum Gasteiger partial charge on any atom is 0.0774 e. The molecule has 0 fully saturated rings. The maximum atomic E-state index is 6.78. The Hall–Kier alpha value is -2.12. The monoisotopic (exact) mass is 302 g/mol. The molecular weight excluding hydrogens is 280 g/mol. The Kier molecular flexibility index (Phi) is 4.12. The summed E-state index contributed by atoms with van der Waals surface area (Å²) in [5.41, 5.74) is 0. The molecule has 0 spiro atoms. The zero-order valence-corrected chi connectivity index (χ0v) is 13.1. The average Bonchev–Trinajstić information content (AvgIpc) is 3.35. The Morgan fingerprint density at radius 2 is 0.609 bits per heavy atom. The fraction of sp³-hybridized carbons (Fsp3) is 0.273. The van der Waals surface area contributed by atoms with Gasteiger partial charge in [0, 0.05) is 23.7 Å². The van der Waals surface area contributed by atoms with Gasteiger partial charge in [0.25, 0.3) is 0 Å². The van der Waals surface area contributed by atoms with Crippen molar-refractivity contribution in [1.29, 1.82) is 0 Å². The minimum absolute atomic E-state index is 0.148. The van der Waals surface area contributed by atoms with Crippen LogP contribution in [0.15, 0.2) is 97.2 Å². The molecular formula is C22H22O. The third-order valence-corrected chi connectivity index (χ3v) is 4.94. The number of hydrogen-bond donors (Lipinski definition) is 0. The Labute approximate surface area is 138 Å². The topological polar surface area (TPSA) is 9.23 Å². The molecule has 1 heteroatoms. The molecule has 0 amide bonds. The van der Waals surface area contributed by atoms with E-state index in [1.807, 2.05) is 0 Å². The summed E-state index contributed by atoms with van der Waals surface area (Å²) in [4.78, 5) is 0. The SMILES string of the molecule is C1=CC(C(OC(C2C=CC=C2)C2C=CC=C2)C2C=CC=C2)C=C1. The van der Waals surface area contributed by atoms with Gasteiger partial charge in [-0.2, -0.15) is 0 Å². The zero-order valence-electron chi connectivity index (χ0n) is 13.1. The molecule has 4 rings (SSSR count). The molecule has 0 aromatic rings. The van der Waals surface area contributed by atoms with Crippen molar-refractivity contribution in [2.75, 3.05) is 0 Å². The second-order valence-corrected chi connectivity index (χ2v) is 6.45. The predicted octanol–water partition coefficient (Wildman–Crippen LogP) is 4.71. The number of ether oxygens (including phenoxy) is 1.